The van der Waals surface area contributed by atoms with Gasteiger partial charge in [-0.15, -0.1) is 0 Å². The fraction of sp³-hybridized carbons (Fsp3) is 0.409. The highest BCUT2D eigenvalue weighted by Gasteiger charge is 2.51. The number of nitrogens with zero attached hydrogens (tertiary/aromatic N) is 4. The van der Waals surface area contributed by atoms with E-state index < -0.39 is 0 Å². The summed E-state index contributed by atoms with van der Waals surface area (Å²) in [7, 11) is 0. The molecule has 0 radical (unpaired) electrons. The molecule has 2 amide bonds. The number of para-hydroxylation sites is 1. The standard InChI is InChI=1S/C22H25N5O/c1-21(2,3)24-20(28)26-13-22(14-26)8-9-27-19(22)11-18(25-27)16-10-15-6-4-5-7-17(15)23-12-16/h4-7,10-12H,8-9,13-14H2,1-3H3,(H,24,28). The smallest absolute Gasteiger partial charge is 0.317 e. The van der Waals surface area contributed by atoms with Gasteiger partial charge in [-0.05, 0) is 45.4 Å². The van der Waals surface area contributed by atoms with Crippen molar-refractivity contribution in [2.75, 3.05) is 13.1 Å². The molecule has 2 aliphatic heterocycles. The Morgan fingerprint density at radius 3 is 2.75 bits per heavy atom. The maximum atomic E-state index is 12.4. The number of pyridine rings is 1. The van der Waals surface area contributed by atoms with E-state index in [1.807, 2.05) is 50.1 Å². The second kappa shape index (κ2) is 5.80. The number of likely N-dealkylation sites (tertiary alicyclic amines) is 1. The van der Waals surface area contributed by atoms with Gasteiger partial charge in [0.05, 0.1) is 11.2 Å². The van der Waals surface area contributed by atoms with Crippen molar-refractivity contribution in [3.63, 3.8) is 0 Å². The Kier molecular flexibility index (Phi) is 3.57. The highest BCUT2D eigenvalue weighted by atomic mass is 16.2. The molecule has 6 nitrogen and oxygen atoms in total. The third kappa shape index (κ3) is 2.75. The number of aromatic nitrogens is 3. The molecule has 2 aliphatic rings. The van der Waals surface area contributed by atoms with Gasteiger partial charge >= 0.3 is 6.03 Å². The fourth-order valence-corrected chi connectivity index (χ4v) is 4.36. The highest BCUT2D eigenvalue weighted by molar-refractivity contribution is 5.83. The molecule has 144 valence electrons. The first-order valence-electron chi connectivity index (χ1n) is 9.84. The van der Waals surface area contributed by atoms with Crippen LogP contribution in [-0.4, -0.2) is 44.3 Å². The van der Waals surface area contributed by atoms with Gasteiger partial charge < -0.3 is 10.2 Å². The predicted octanol–water partition coefficient (Wildman–Crippen LogP) is 3.56. The molecule has 1 saturated heterocycles. The van der Waals surface area contributed by atoms with Crippen molar-refractivity contribution < 1.29 is 4.79 Å². The van der Waals surface area contributed by atoms with Crippen molar-refractivity contribution in [1.29, 1.82) is 0 Å². The molecule has 2 aromatic heterocycles. The van der Waals surface area contributed by atoms with Crippen molar-refractivity contribution in [3.8, 4) is 11.3 Å². The largest absolute Gasteiger partial charge is 0.333 e. The lowest BCUT2D eigenvalue weighted by Gasteiger charge is -2.48. The number of hydrogen-bond donors (Lipinski definition) is 1. The summed E-state index contributed by atoms with van der Waals surface area (Å²) in [4.78, 5) is 18.9. The van der Waals surface area contributed by atoms with Crippen LogP contribution in [0.25, 0.3) is 22.2 Å². The maximum Gasteiger partial charge on any atom is 0.317 e. The summed E-state index contributed by atoms with van der Waals surface area (Å²) in [6.45, 7) is 8.45. The van der Waals surface area contributed by atoms with Gasteiger partial charge in [0.15, 0.2) is 0 Å². The van der Waals surface area contributed by atoms with Crippen LogP contribution < -0.4 is 5.32 Å². The molecule has 5 rings (SSSR count). The lowest BCUT2D eigenvalue weighted by atomic mass is 9.76. The molecular formula is C22H25N5O. The first-order chi connectivity index (χ1) is 13.3. The first kappa shape index (κ1) is 17.2. The molecule has 6 heteroatoms. The Morgan fingerprint density at radius 2 is 1.96 bits per heavy atom. The SMILES string of the molecule is CC(C)(C)NC(=O)N1CC2(CCn3nc(-c4cnc5ccccc5c4)cc32)C1. The van der Waals surface area contributed by atoms with Crippen molar-refractivity contribution in [3.05, 3.63) is 48.3 Å². The summed E-state index contributed by atoms with van der Waals surface area (Å²) in [5, 5.41) is 9.01. The summed E-state index contributed by atoms with van der Waals surface area (Å²) in [6.07, 6.45) is 2.95. The Hall–Kier alpha value is -2.89. The van der Waals surface area contributed by atoms with Gasteiger partial charge in [-0.2, -0.15) is 5.10 Å². The van der Waals surface area contributed by atoms with E-state index in [1.54, 1.807) is 0 Å². The molecule has 1 aromatic carbocycles. The minimum atomic E-state index is -0.215. The molecular weight excluding hydrogens is 350 g/mol. The average Bonchev–Trinajstić information content (AvgIpc) is 3.17. The number of benzene rings is 1. The molecule has 28 heavy (non-hydrogen) atoms. The fourth-order valence-electron chi connectivity index (χ4n) is 4.36. The maximum absolute atomic E-state index is 12.4. The average molecular weight is 375 g/mol. The molecule has 0 saturated carbocycles. The highest BCUT2D eigenvalue weighted by Crippen LogP contribution is 2.43. The number of nitrogens with one attached hydrogen (secondary N) is 1. The van der Waals surface area contributed by atoms with E-state index in [0.29, 0.717) is 0 Å². The van der Waals surface area contributed by atoms with Crippen LogP contribution in [0.5, 0.6) is 0 Å². The van der Waals surface area contributed by atoms with Crippen molar-refractivity contribution in [1.82, 2.24) is 25.0 Å². The molecule has 0 unspecified atom stereocenters. The van der Waals surface area contributed by atoms with E-state index in [9.17, 15) is 4.79 Å². The van der Waals surface area contributed by atoms with E-state index in [1.165, 1.54) is 5.69 Å². The third-order valence-corrected chi connectivity index (χ3v) is 5.77. The van der Waals surface area contributed by atoms with E-state index in [4.69, 9.17) is 5.10 Å². The summed E-state index contributed by atoms with van der Waals surface area (Å²) in [6, 6.07) is 12.5. The summed E-state index contributed by atoms with van der Waals surface area (Å²) in [5.41, 5.74) is 4.07. The number of amides is 2. The van der Waals surface area contributed by atoms with Crippen LogP contribution in [0.2, 0.25) is 0 Å². The molecule has 1 fully saturated rings. The molecule has 1 N–H and O–H groups in total. The molecule has 3 aromatic rings. The zero-order chi connectivity index (χ0) is 19.5. The van der Waals surface area contributed by atoms with Crippen LogP contribution in [0.1, 0.15) is 32.9 Å². The van der Waals surface area contributed by atoms with Gasteiger partial charge in [-0.3, -0.25) is 9.67 Å². The van der Waals surface area contributed by atoms with E-state index >= 15 is 0 Å². The van der Waals surface area contributed by atoms with Crippen LogP contribution in [0.3, 0.4) is 0 Å². The van der Waals surface area contributed by atoms with Crippen LogP contribution >= 0.6 is 0 Å². The van der Waals surface area contributed by atoms with Gasteiger partial charge in [0, 0.05) is 53.4 Å². The Bertz CT molecular complexity index is 1070. The molecule has 0 aliphatic carbocycles. The third-order valence-electron chi connectivity index (χ3n) is 5.77. The summed E-state index contributed by atoms with van der Waals surface area (Å²) >= 11 is 0. The van der Waals surface area contributed by atoms with Crippen LogP contribution in [0, 0.1) is 0 Å². The number of carbonyl (C=O) groups is 1. The second-order valence-corrected chi connectivity index (χ2v) is 9.12. The van der Waals surface area contributed by atoms with Crippen molar-refractivity contribution in [2.24, 2.45) is 0 Å². The zero-order valence-electron chi connectivity index (χ0n) is 16.6. The number of rotatable bonds is 1. The lowest BCUT2D eigenvalue weighted by molar-refractivity contribution is 0.0880. The number of hydrogen-bond acceptors (Lipinski definition) is 3. The van der Waals surface area contributed by atoms with E-state index in [-0.39, 0.29) is 17.0 Å². The van der Waals surface area contributed by atoms with Gasteiger partial charge in [0.2, 0.25) is 0 Å². The topological polar surface area (TPSA) is 63.1 Å². The molecule has 0 atom stereocenters. The number of carbonyl (C=O) groups excluding carboxylic acids is 1. The van der Waals surface area contributed by atoms with E-state index in [0.717, 1.165) is 48.2 Å². The number of aryl methyl sites for hydroxylation is 1. The normalized spacial score (nSPS) is 17.6. The van der Waals surface area contributed by atoms with Crippen LogP contribution in [0.15, 0.2) is 42.6 Å². The monoisotopic (exact) mass is 375 g/mol. The minimum absolute atomic E-state index is 0.0232. The van der Waals surface area contributed by atoms with Crippen molar-refractivity contribution in [2.45, 2.75) is 44.7 Å². The van der Waals surface area contributed by atoms with Crippen LogP contribution in [-0.2, 0) is 12.0 Å². The second-order valence-electron chi connectivity index (χ2n) is 9.12. The molecule has 4 heterocycles. The van der Waals surface area contributed by atoms with E-state index in [2.05, 4.69) is 33.2 Å². The zero-order valence-corrected chi connectivity index (χ0v) is 16.6. The lowest BCUT2D eigenvalue weighted by Crippen LogP contribution is -2.64. The first-order valence-corrected chi connectivity index (χ1v) is 9.84. The van der Waals surface area contributed by atoms with Gasteiger partial charge in [0.1, 0.15) is 0 Å². The quantitative estimate of drug-likeness (QED) is 0.707. The van der Waals surface area contributed by atoms with Crippen molar-refractivity contribution >= 4 is 16.9 Å². The molecule has 0 bridgehead atoms. The number of urea groups is 1. The van der Waals surface area contributed by atoms with Gasteiger partial charge in [-0.1, -0.05) is 18.2 Å². The summed E-state index contributed by atoms with van der Waals surface area (Å²) < 4.78 is 2.11. The summed E-state index contributed by atoms with van der Waals surface area (Å²) in [5.74, 6) is 0. The minimum Gasteiger partial charge on any atom is -0.333 e. The van der Waals surface area contributed by atoms with Gasteiger partial charge in [-0.25, -0.2) is 4.79 Å². The number of fused-ring (bicyclic) bond motifs is 3. The van der Waals surface area contributed by atoms with Crippen LogP contribution in [0.4, 0.5) is 4.79 Å². The Labute approximate surface area is 164 Å². The van der Waals surface area contributed by atoms with Gasteiger partial charge in [0.25, 0.3) is 0 Å². The predicted molar refractivity (Wildman–Crippen MR) is 109 cm³/mol. The Balaban J connectivity index is 1.39. The Morgan fingerprint density at radius 1 is 1.18 bits per heavy atom. The molecule has 1 spiro atoms.